The van der Waals surface area contributed by atoms with Crippen LogP contribution in [0, 0.1) is 0 Å². The van der Waals surface area contributed by atoms with Gasteiger partial charge in [0.2, 0.25) is 0 Å². The third kappa shape index (κ3) is 10.3. The van der Waals surface area contributed by atoms with E-state index in [-0.39, 0.29) is 19.0 Å². The van der Waals surface area contributed by atoms with Crippen molar-refractivity contribution < 1.29 is 15.0 Å². The van der Waals surface area contributed by atoms with Gasteiger partial charge >= 0.3 is 5.97 Å². The fourth-order valence-corrected chi connectivity index (χ4v) is 2.56. The van der Waals surface area contributed by atoms with Crippen molar-refractivity contribution in [2.75, 3.05) is 18.1 Å². The lowest BCUT2D eigenvalue weighted by molar-refractivity contribution is -0.137. The normalized spacial score (nSPS) is 11.8. The van der Waals surface area contributed by atoms with Crippen LogP contribution < -0.4 is 5.73 Å². The first-order valence-corrected chi connectivity index (χ1v) is 6.01. The van der Waals surface area contributed by atoms with E-state index in [4.69, 9.17) is 15.9 Å². The van der Waals surface area contributed by atoms with Crippen molar-refractivity contribution in [3.8, 4) is 0 Å². The number of aliphatic hydroxyl groups is 1. The maximum Gasteiger partial charge on any atom is 0.321 e. The highest BCUT2D eigenvalue weighted by Gasteiger charge is 2.10. The van der Waals surface area contributed by atoms with E-state index in [9.17, 15) is 4.79 Å². The SMILES string of the molecule is Cl.N[C@@H](CSSCCCO)C(=O)O. The summed E-state index contributed by atoms with van der Waals surface area (Å²) in [4.78, 5) is 10.2. The maximum absolute atomic E-state index is 10.2. The van der Waals surface area contributed by atoms with Crippen molar-refractivity contribution in [3.63, 3.8) is 0 Å². The largest absolute Gasteiger partial charge is 0.480 e. The summed E-state index contributed by atoms with van der Waals surface area (Å²) in [5, 5.41) is 16.8. The van der Waals surface area contributed by atoms with Crippen LogP contribution in [0.15, 0.2) is 0 Å². The summed E-state index contributed by atoms with van der Waals surface area (Å²) in [6.45, 7) is 0.179. The topological polar surface area (TPSA) is 83.5 Å². The number of carboxylic acid groups (broad SMARTS) is 1. The monoisotopic (exact) mass is 247 g/mol. The molecule has 0 aromatic rings. The number of aliphatic carboxylic acids is 1. The van der Waals surface area contributed by atoms with E-state index >= 15 is 0 Å². The predicted octanol–water partition coefficient (Wildman–Crippen LogP) is 0.584. The van der Waals surface area contributed by atoms with Crippen molar-refractivity contribution in [2.24, 2.45) is 5.73 Å². The summed E-state index contributed by atoms with van der Waals surface area (Å²) >= 11 is 0. The standard InChI is InChI=1S/C6H13NO3S2.ClH/c7-5(6(9)10)4-12-11-3-1-2-8;/h5,8H,1-4,7H2,(H,9,10);1H/t5-;/m0./s1. The van der Waals surface area contributed by atoms with Crippen LogP contribution in [-0.4, -0.2) is 40.3 Å². The second-order valence-electron chi connectivity index (χ2n) is 2.13. The molecule has 0 unspecified atom stereocenters. The van der Waals surface area contributed by atoms with Crippen LogP contribution in [-0.2, 0) is 4.79 Å². The first kappa shape index (κ1) is 15.8. The lowest BCUT2D eigenvalue weighted by Gasteiger charge is -2.04. The van der Waals surface area contributed by atoms with Gasteiger partial charge in [0.15, 0.2) is 0 Å². The summed E-state index contributed by atoms with van der Waals surface area (Å²) in [6, 6.07) is -0.781. The van der Waals surface area contributed by atoms with Gasteiger partial charge in [0.25, 0.3) is 0 Å². The van der Waals surface area contributed by atoms with Gasteiger partial charge < -0.3 is 15.9 Å². The number of halogens is 1. The van der Waals surface area contributed by atoms with Gasteiger partial charge in [0.05, 0.1) is 0 Å². The Morgan fingerprint density at radius 2 is 2.08 bits per heavy atom. The molecule has 0 aliphatic heterocycles. The first-order valence-electron chi connectivity index (χ1n) is 3.52. The van der Waals surface area contributed by atoms with Crippen LogP contribution >= 0.6 is 34.0 Å². The van der Waals surface area contributed by atoms with Gasteiger partial charge in [-0.3, -0.25) is 4.79 Å². The Morgan fingerprint density at radius 3 is 2.54 bits per heavy atom. The lowest BCUT2D eigenvalue weighted by Crippen LogP contribution is -2.32. The minimum Gasteiger partial charge on any atom is -0.480 e. The van der Waals surface area contributed by atoms with Crippen molar-refractivity contribution in [3.05, 3.63) is 0 Å². The second kappa shape index (κ2) is 10.5. The number of carbonyl (C=O) groups is 1. The van der Waals surface area contributed by atoms with Crippen LogP contribution in [0.3, 0.4) is 0 Å². The van der Waals surface area contributed by atoms with Crippen molar-refractivity contribution in [1.29, 1.82) is 0 Å². The first-order chi connectivity index (χ1) is 5.68. The molecule has 0 bridgehead atoms. The average Bonchev–Trinajstić information content (AvgIpc) is 2.03. The second-order valence-corrected chi connectivity index (χ2v) is 4.76. The molecular weight excluding hydrogens is 234 g/mol. The minimum absolute atomic E-state index is 0. The van der Waals surface area contributed by atoms with Crippen molar-refractivity contribution >= 4 is 40.0 Å². The molecule has 0 saturated heterocycles. The van der Waals surface area contributed by atoms with Crippen molar-refractivity contribution in [2.45, 2.75) is 12.5 Å². The van der Waals surface area contributed by atoms with E-state index in [1.165, 1.54) is 21.6 Å². The molecule has 7 heteroatoms. The highest BCUT2D eigenvalue weighted by molar-refractivity contribution is 8.76. The van der Waals surface area contributed by atoms with E-state index in [1.54, 1.807) is 0 Å². The van der Waals surface area contributed by atoms with E-state index in [2.05, 4.69) is 0 Å². The third-order valence-electron chi connectivity index (χ3n) is 1.03. The summed E-state index contributed by atoms with van der Waals surface area (Å²) < 4.78 is 0. The summed E-state index contributed by atoms with van der Waals surface area (Å²) in [6.07, 6.45) is 0.736. The number of rotatable bonds is 7. The summed E-state index contributed by atoms with van der Waals surface area (Å²) in [7, 11) is 2.97. The number of hydrogen-bond acceptors (Lipinski definition) is 5. The van der Waals surface area contributed by atoms with Crippen molar-refractivity contribution in [1.82, 2.24) is 0 Å². The zero-order valence-electron chi connectivity index (χ0n) is 7.01. The van der Waals surface area contributed by atoms with E-state index in [1.807, 2.05) is 0 Å². The van der Waals surface area contributed by atoms with Gasteiger partial charge in [-0.2, -0.15) is 0 Å². The molecule has 0 aromatic carbocycles. The van der Waals surface area contributed by atoms with Gasteiger partial charge in [0, 0.05) is 18.1 Å². The molecule has 80 valence electrons. The van der Waals surface area contributed by atoms with E-state index in [0.29, 0.717) is 5.75 Å². The molecule has 0 fully saturated rings. The number of carboxylic acids is 1. The van der Waals surface area contributed by atoms with E-state index < -0.39 is 12.0 Å². The average molecular weight is 248 g/mol. The molecule has 4 nitrogen and oxygen atoms in total. The molecule has 4 N–H and O–H groups in total. The smallest absolute Gasteiger partial charge is 0.321 e. The highest BCUT2D eigenvalue weighted by atomic mass is 35.5. The van der Waals surface area contributed by atoms with Crippen LogP contribution in [0.1, 0.15) is 6.42 Å². The minimum atomic E-state index is -0.967. The molecule has 0 amide bonds. The fourth-order valence-electron chi connectivity index (χ4n) is 0.375. The molecule has 0 aliphatic carbocycles. The molecule has 0 rings (SSSR count). The van der Waals surface area contributed by atoms with Crippen LogP contribution in [0.4, 0.5) is 0 Å². The quantitative estimate of drug-likeness (QED) is 0.451. The van der Waals surface area contributed by atoms with Gasteiger partial charge in [-0.15, -0.1) is 12.4 Å². The van der Waals surface area contributed by atoms with Crippen LogP contribution in [0.2, 0.25) is 0 Å². The molecule has 0 aliphatic rings. The van der Waals surface area contributed by atoms with Gasteiger partial charge in [-0.1, -0.05) is 21.6 Å². The molecule has 1 atom stereocenters. The van der Waals surface area contributed by atoms with Gasteiger partial charge in [-0.25, -0.2) is 0 Å². The number of nitrogens with two attached hydrogens (primary N) is 1. The predicted molar refractivity (Wildman–Crippen MR) is 59.5 cm³/mol. The van der Waals surface area contributed by atoms with Gasteiger partial charge in [0.1, 0.15) is 6.04 Å². The van der Waals surface area contributed by atoms with Gasteiger partial charge in [-0.05, 0) is 6.42 Å². The fraction of sp³-hybridized carbons (Fsp3) is 0.833. The Labute approximate surface area is 91.5 Å². The summed E-state index contributed by atoms with van der Waals surface area (Å²) in [5.41, 5.74) is 5.25. The molecule has 0 spiro atoms. The Balaban J connectivity index is 0. The lowest BCUT2D eigenvalue weighted by atomic mass is 10.4. The Kier molecular flexibility index (Phi) is 12.7. The Morgan fingerprint density at radius 1 is 1.46 bits per heavy atom. The third-order valence-corrected chi connectivity index (χ3v) is 3.56. The number of hydrogen-bond donors (Lipinski definition) is 3. The Hall–Kier alpha value is 0.380. The van der Waals surface area contributed by atoms with Crippen LogP contribution in [0.5, 0.6) is 0 Å². The highest BCUT2D eigenvalue weighted by Crippen LogP contribution is 2.21. The Bertz CT molecular complexity index is 139. The van der Waals surface area contributed by atoms with Crippen LogP contribution in [0.25, 0.3) is 0 Å². The number of aliphatic hydroxyl groups excluding tert-OH is 1. The zero-order chi connectivity index (χ0) is 9.40. The molecule has 0 aromatic heterocycles. The molecule has 13 heavy (non-hydrogen) atoms. The molecule has 0 radical (unpaired) electrons. The molecular formula is C6H14ClNO3S2. The zero-order valence-corrected chi connectivity index (χ0v) is 9.46. The molecule has 0 heterocycles. The summed E-state index contributed by atoms with van der Waals surface area (Å²) in [5.74, 6) is 0.268. The molecule has 0 saturated carbocycles. The maximum atomic E-state index is 10.2. The van der Waals surface area contributed by atoms with E-state index in [0.717, 1.165) is 12.2 Å².